The lowest BCUT2D eigenvalue weighted by Crippen LogP contribution is -2.59. The van der Waals surface area contributed by atoms with Crippen LogP contribution in [0.5, 0.6) is 5.75 Å². The van der Waals surface area contributed by atoms with Crippen LogP contribution in [0, 0.1) is 5.41 Å². The van der Waals surface area contributed by atoms with E-state index in [1.54, 1.807) is 12.1 Å². The molecule has 1 N–H and O–H groups in total. The first-order valence-electron chi connectivity index (χ1n) is 6.02. The van der Waals surface area contributed by atoms with Crippen molar-refractivity contribution in [3.63, 3.8) is 0 Å². The minimum Gasteiger partial charge on any atom is -0.406 e. The third kappa shape index (κ3) is 2.19. The summed E-state index contributed by atoms with van der Waals surface area (Å²) in [5.74, 6) is 0.345. The van der Waals surface area contributed by atoms with Crippen LogP contribution in [0.4, 0.5) is 13.2 Å². The van der Waals surface area contributed by atoms with Crippen molar-refractivity contribution in [1.29, 1.82) is 0 Å². The summed E-state index contributed by atoms with van der Waals surface area (Å²) in [4.78, 5) is 0. The second-order valence-electron chi connectivity index (χ2n) is 5.33. The van der Waals surface area contributed by atoms with Crippen LogP contribution in [-0.2, 0) is 0 Å². The van der Waals surface area contributed by atoms with Gasteiger partial charge in [0.25, 0.3) is 0 Å². The van der Waals surface area contributed by atoms with Crippen LogP contribution in [0.3, 0.4) is 0 Å². The maximum absolute atomic E-state index is 12.0. The fraction of sp³-hybridized carbons (Fsp3) is 0.538. The lowest BCUT2D eigenvalue weighted by molar-refractivity contribution is -0.274. The summed E-state index contributed by atoms with van der Waals surface area (Å²) in [5.41, 5.74) is 1.59. The number of alkyl halides is 3. The molecule has 1 saturated carbocycles. The summed E-state index contributed by atoms with van der Waals surface area (Å²) in [6, 6.07) is 6.27. The molecule has 5 heteroatoms. The molecule has 0 bridgehead atoms. The monoisotopic (exact) mass is 257 g/mol. The molecule has 2 nitrogen and oxygen atoms in total. The van der Waals surface area contributed by atoms with E-state index < -0.39 is 6.36 Å². The Morgan fingerprint density at radius 2 is 1.72 bits per heavy atom. The van der Waals surface area contributed by atoms with Gasteiger partial charge in [-0.05, 0) is 41.9 Å². The molecule has 18 heavy (non-hydrogen) atoms. The molecule has 1 spiro atoms. The van der Waals surface area contributed by atoms with Gasteiger partial charge in [-0.25, -0.2) is 0 Å². The van der Waals surface area contributed by atoms with Crippen LogP contribution in [-0.4, -0.2) is 19.5 Å². The minimum atomic E-state index is -4.61. The van der Waals surface area contributed by atoms with Crippen molar-refractivity contribution in [1.82, 2.24) is 5.32 Å². The van der Waals surface area contributed by atoms with E-state index in [-0.39, 0.29) is 5.75 Å². The van der Waals surface area contributed by atoms with Crippen molar-refractivity contribution in [2.45, 2.75) is 25.1 Å². The smallest absolute Gasteiger partial charge is 0.406 e. The van der Waals surface area contributed by atoms with Crippen molar-refractivity contribution in [2.75, 3.05) is 13.1 Å². The van der Waals surface area contributed by atoms with Crippen molar-refractivity contribution in [2.24, 2.45) is 5.41 Å². The SMILES string of the molecule is FC(F)(F)Oc1ccc(C2CC3(CNC3)C2)cc1. The Labute approximate surface area is 103 Å². The molecule has 0 amide bonds. The predicted molar refractivity (Wildman–Crippen MR) is 60.4 cm³/mol. The van der Waals surface area contributed by atoms with E-state index in [0.717, 1.165) is 31.5 Å². The number of nitrogens with one attached hydrogen (secondary N) is 1. The molecular formula is C13H14F3NO. The van der Waals surface area contributed by atoms with Crippen molar-refractivity contribution < 1.29 is 17.9 Å². The van der Waals surface area contributed by atoms with Crippen LogP contribution in [0.1, 0.15) is 24.3 Å². The number of halogens is 3. The van der Waals surface area contributed by atoms with Gasteiger partial charge in [0.1, 0.15) is 5.75 Å². The molecule has 98 valence electrons. The van der Waals surface area contributed by atoms with E-state index in [1.165, 1.54) is 12.1 Å². The summed E-state index contributed by atoms with van der Waals surface area (Å²) in [6.07, 6.45) is -2.33. The first kappa shape index (κ1) is 11.8. The summed E-state index contributed by atoms with van der Waals surface area (Å²) >= 11 is 0. The van der Waals surface area contributed by atoms with Crippen LogP contribution in [0.15, 0.2) is 24.3 Å². The maximum atomic E-state index is 12.0. The van der Waals surface area contributed by atoms with Gasteiger partial charge in [0.2, 0.25) is 0 Å². The molecular weight excluding hydrogens is 243 g/mol. The summed E-state index contributed by atoms with van der Waals surface area (Å²) in [6.45, 7) is 2.16. The van der Waals surface area contributed by atoms with Gasteiger partial charge in [0, 0.05) is 13.1 Å². The Bertz CT molecular complexity index is 429. The molecule has 2 aliphatic rings. The quantitative estimate of drug-likeness (QED) is 0.879. The molecule has 1 aliphatic carbocycles. The van der Waals surface area contributed by atoms with E-state index in [4.69, 9.17) is 0 Å². The van der Waals surface area contributed by atoms with E-state index >= 15 is 0 Å². The van der Waals surface area contributed by atoms with Gasteiger partial charge in [-0.2, -0.15) is 0 Å². The normalized spacial score (nSPS) is 22.4. The van der Waals surface area contributed by atoms with Gasteiger partial charge in [-0.1, -0.05) is 12.1 Å². The second-order valence-corrected chi connectivity index (χ2v) is 5.33. The third-order valence-corrected chi connectivity index (χ3v) is 3.94. The van der Waals surface area contributed by atoms with E-state index in [9.17, 15) is 13.2 Å². The molecule has 2 fully saturated rings. The van der Waals surface area contributed by atoms with Gasteiger partial charge in [0.15, 0.2) is 0 Å². The molecule has 0 aromatic heterocycles. The van der Waals surface area contributed by atoms with Gasteiger partial charge in [-0.3, -0.25) is 0 Å². The van der Waals surface area contributed by atoms with Crippen LogP contribution in [0.25, 0.3) is 0 Å². The van der Waals surface area contributed by atoms with Gasteiger partial charge >= 0.3 is 6.36 Å². The van der Waals surface area contributed by atoms with Crippen LogP contribution in [0.2, 0.25) is 0 Å². The average molecular weight is 257 g/mol. The molecule has 0 unspecified atom stereocenters. The summed E-state index contributed by atoms with van der Waals surface area (Å²) < 4.78 is 39.9. The lowest BCUT2D eigenvalue weighted by atomic mass is 9.57. The second kappa shape index (κ2) is 3.88. The summed E-state index contributed by atoms with van der Waals surface area (Å²) in [7, 11) is 0. The highest BCUT2D eigenvalue weighted by Crippen LogP contribution is 2.53. The molecule has 3 rings (SSSR count). The first-order chi connectivity index (χ1) is 8.46. The largest absolute Gasteiger partial charge is 0.573 e. The Balaban J connectivity index is 1.62. The highest BCUT2D eigenvalue weighted by molar-refractivity contribution is 5.32. The standard InChI is InChI=1S/C13H14F3NO/c14-13(15,16)18-11-3-1-9(2-4-11)10-5-12(6-10)7-17-8-12/h1-4,10,17H,5-8H2. The minimum absolute atomic E-state index is 0.148. The zero-order valence-corrected chi connectivity index (χ0v) is 9.76. The highest BCUT2D eigenvalue weighted by Gasteiger charge is 2.48. The number of hydrogen-bond donors (Lipinski definition) is 1. The van der Waals surface area contributed by atoms with Crippen LogP contribution >= 0.6 is 0 Å². The first-order valence-corrected chi connectivity index (χ1v) is 6.02. The Morgan fingerprint density at radius 3 is 2.17 bits per heavy atom. The lowest BCUT2D eigenvalue weighted by Gasteiger charge is -2.54. The Hall–Kier alpha value is -1.23. The Kier molecular flexibility index (Phi) is 2.55. The predicted octanol–water partition coefficient (Wildman–Crippen LogP) is 3.05. The van der Waals surface area contributed by atoms with Gasteiger partial charge in [0.05, 0.1) is 0 Å². The molecule has 1 heterocycles. The van der Waals surface area contributed by atoms with Crippen LogP contribution < -0.4 is 10.1 Å². The number of hydrogen-bond acceptors (Lipinski definition) is 2. The fourth-order valence-electron chi connectivity index (χ4n) is 2.93. The third-order valence-electron chi connectivity index (χ3n) is 3.94. The van der Waals surface area contributed by atoms with E-state index in [2.05, 4.69) is 10.1 Å². The molecule has 1 aliphatic heterocycles. The average Bonchev–Trinajstić information content (AvgIpc) is 2.13. The fourth-order valence-corrected chi connectivity index (χ4v) is 2.93. The maximum Gasteiger partial charge on any atom is 0.573 e. The molecule has 0 atom stereocenters. The molecule has 1 aromatic carbocycles. The topological polar surface area (TPSA) is 21.3 Å². The summed E-state index contributed by atoms with van der Waals surface area (Å²) in [5, 5.41) is 3.27. The zero-order valence-electron chi connectivity index (χ0n) is 9.76. The molecule has 1 aromatic rings. The van der Waals surface area contributed by atoms with Gasteiger partial charge < -0.3 is 10.1 Å². The van der Waals surface area contributed by atoms with Crippen molar-refractivity contribution in [3.05, 3.63) is 29.8 Å². The number of benzene rings is 1. The van der Waals surface area contributed by atoms with Gasteiger partial charge in [-0.15, -0.1) is 13.2 Å². The number of ether oxygens (including phenoxy) is 1. The van der Waals surface area contributed by atoms with E-state index in [0.29, 0.717) is 11.3 Å². The van der Waals surface area contributed by atoms with Crippen molar-refractivity contribution >= 4 is 0 Å². The van der Waals surface area contributed by atoms with Crippen molar-refractivity contribution in [3.8, 4) is 5.75 Å². The zero-order chi connectivity index (χ0) is 12.8. The van der Waals surface area contributed by atoms with E-state index in [1.807, 2.05) is 0 Å². The highest BCUT2D eigenvalue weighted by atomic mass is 19.4. The Morgan fingerprint density at radius 1 is 1.11 bits per heavy atom. The molecule has 0 radical (unpaired) electrons. The number of rotatable bonds is 2. The molecule has 1 saturated heterocycles.